The average molecular weight is 488 g/mol. The number of nitrogens with one attached hydrogen (secondary N) is 1. The van der Waals surface area contributed by atoms with Crippen molar-refractivity contribution in [1.82, 2.24) is 19.9 Å². The second kappa shape index (κ2) is 9.05. The Kier molecular flexibility index (Phi) is 6.18. The van der Waals surface area contributed by atoms with Gasteiger partial charge in [-0.15, -0.1) is 15.0 Å². The van der Waals surface area contributed by atoms with Crippen LogP contribution in [-0.4, -0.2) is 51.0 Å². The van der Waals surface area contributed by atoms with Gasteiger partial charge >= 0.3 is 0 Å². The summed E-state index contributed by atoms with van der Waals surface area (Å²) in [6, 6.07) is 11.1. The van der Waals surface area contributed by atoms with Gasteiger partial charge in [-0.1, -0.05) is 23.2 Å². The van der Waals surface area contributed by atoms with Gasteiger partial charge in [-0.3, -0.25) is 9.59 Å². The van der Waals surface area contributed by atoms with E-state index in [0.717, 1.165) is 4.80 Å². The maximum Gasteiger partial charge on any atom is 0.273 e. The van der Waals surface area contributed by atoms with E-state index in [9.17, 15) is 14.0 Å². The van der Waals surface area contributed by atoms with Crippen molar-refractivity contribution >= 4 is 46.5 Å². The molecule has 3 aromatic rings. The van der Waals surface area contributed by atoms with Crippen molar-refractivity contribution in [2.24, 2.45) is 5.73 Å². The summed E-state index contributed by atoms with van der Waals surface area (Å²) in [5.41, 5.74) is 6.60. The molecule has 0 aliphatic carbocycles. The molecule has 1 fully saturated rings. The second-order valence-electron chi connectivity index (χ2n) is 7.29. The summed E-state index contributed by atoms with van der Waals surface area (Å²) in [5, 5.41) is 20.5. The van der Waals surface area contributed by atoms with E-state index < -0.39 is 12.1 Å². The summed E-state index contributed by atoms with van der Waals surface area (Å²) < 4.78 is 13.4. The summed E-state index contributed by atoms with van der Waals surface area (Å²) in [5.74, 6) is -1.06. The van der Waals surface area contributed by atoms with Crippen molar-refractivity contribution in [2.75, 3.05) is 18.4 Å². The Bertz CT molecular complexity index is 1260. The highest BCUT2D eigenvalue weighted by Gasteiger charge is 2.26. The molecule has 1 atom stereocenters. The van der Waals surface area contributed by atoms with Gasteiger partial charge in [0.25, 0.3) is 11.8 Å². The van der Waals surface area contributed by atoms with Crippen molar-refractivity contribution in [3.8, 4) is 11.8 Å². The van der Waals surface area contributed by atoms with Crippen LogP contribution in [0.4, 0.5) is 15.9 Å². The number of carbonyl (C=O) groups is 2. The van der Waals surface area contributed by atoms with Crippen molar-refractivity contribution in [3.05, 3.63) is 63.3 Å². The number of nitriles is 1. The first-order valence-electron chi connectivity index (χ1n) is 9.74. The van der Waals surface area contributed by atoms with Gasteiger partial charge in [0.2, 0.25) is 0 Å². The number of anilines is 2. The highest BCUT2D eigenvalue weighted by Crippen LogP contribution is 2.30. The van der Waals surface area contributed by atoms with E-state index in [1.54, 1.807) is 24.3 Å². The first-order chi connectivity index (χ1) is 15.8. The minimum absolute atomic E-state index is 0.0397. The van der Waals surface area contributed by atoms with Gasteiger partial charge in [0, 0.05) is 17.8 Å². The van der Waals surface area contributed by atoms with Crippen LogP contribution >= 0.6 is 23.2 Å². The number of rotatable bonds is 5. The Morgan fingerprint density at radius 1 is 1.18 bits per heavy atom. The molecule has 0 spiro atoms. The van der Waals surface area contributed by atoms with Gasteiger partial charge in [-0.2, -0.15) is 5.26 Å². The van der Waals surface area contributed by atoms with Gasteiger partial charge in [0.15, 0.2) is 11.5 Å². The molecule has 2 aromatic carbocycles. The van der Waals surface area contributed by atoms with E-state index >= 15 is 0 Å². The molecule has 0 bridgehead atoms. The fourth-order valence-corrected chi connectivity index (χ4v) is 4.03. The third-order valence-corrected chi connectivity index (χ3v) is 5.58. The molecule has 2 amide bonds. The number of hydrogen-bond acceptors (Lipinski definition) is 6. The lowest BCUT2D eigenvalue weighted by Crippen LogP contribution is -2.28. The van der Waals surface area contributed by atoms with Crippen LogP contribution in [0.5, 0.6) is 0 Å². The maximum atomic E-state index is 13.4. The Balaban J connectivity index is 1.60. The highest BCUT2D eigenvalue weighted by atomic mass is 35.5. The van der Waals surface area contributed by atoms with Gasteiger partial charge in [0.1, 0.15) is 11.9 Å². The fourth-order valence-electron chi connectivity index (χ4n) is 3.40. The van der Waals surface area contributed by atoms with Crippen molar-refractivity contribution in [2.45, 2.75) is 12.6 Å². The van der Waals surface area contributed by atoms with Gasteiger partial charge in [-0.25, -0.2) is 4.39 Å². The average Bonchev–Trinajstić information content (AvgIpc) is 3.39. The quantitative estimate of drug-likeness (QED) is 0.566. The smallest absolute Gasteiger partial charge is 0.273 e. The second-order valence-corrected chi connectivity index (χ2v) is 8.11. The molecule has 1 aromatic heterocycles. The summed E-state index contributed by atoms with van der Waals surface area (Å²) in [7, 11) is 0. The minimum atomic E-state index is -0.997. The summed E-state index contributed by atoms with van der Waals surface area (Å²) in [6.45, 7) is 0.468. The van der Waals surface area contributed by atoms with Crippen LogP contribution in [0.3, 0.4) is 0 Å². The number of hydrogen-bond donors (Lipinski definition) is 2. The van der Waals surface area contributed by atoms with E-state index in [0.29, 0.717) is 24.2 Å². The molecular formula is C21H16Cl2FN7O2. The van der Waals surface area contributed by atoms with Crippen molar-refractivity contribution < 1.29 is 14.0 Å². The zero-order valence-electron chi connectivity index (χ0n) is 16.9. The zero-order valence-corrected chi connectivity index (χ0v) is 18.4. The molecule has 3 N–H and O–H groups in total. The van der Waals surface area contributed by atoms with Crippen LogP contribution in [0.25, 0.3) is 5.69 Å². The summed E-state index contributed by atoms with van der Waals surface area (Å²) in [6.07, 6.45) is -0.660. The largest absolute Gasteiger partial charge is 0.364 e. The Morgan fingerprint density at radius 3 is 2.39 bits per heavy atom. The van der Waals surface area contributed by atoms with Crippen LogP contribution < -0.4 is 11.1 Å². The lowest BCUT2D eigenvalue weighted by Gasteiger charge is -2.15. The topological polar surface area (TPSA) is 130 Å². The molecule has 1 aliphatic rings. The van der Waals surface area contributed by atoms with E-state index in [-0.39, 0.29) is 45.3 Å². The van der Waals surface area contributed by atoms with Gasteiger partial charge < -0.3 is 16.0 Å². The van der Waals surface area contributed by atoms with Gasteiger partial charge in [-0.05, 0) is 42.8 Å². The van der Waals surface area contributed by atoms with Crippen molar-refractivity contribution in [1.29, 1.82) is 5.26 Å². The van der Waals surface area contributed by atoms with Crippen LogP contribution in [0, 0.1) is 11.3 Å². The molecule has 33 heavy (non-hydrogen) atoms. The van der Waals surface area contributed by atoms with E-state index in [4.69, 9.17) is 34.2 Å². The number of primary amides is 1. The van der Waals surface area contributed by atoms with Gasteiger partial charge in [0.05, 0.1) is 28.2 Å². The maximum absolute atomic E-state index is 13.4. The Hall–Kier alpha value is -3.68. The lowest BCUT2D eigenvalue weighted by atomic mass is 10.2. The molecule has 9 nitrogen and oxygen atoms in total. The minimum Gasteiger partial charge on any atom is -0.364 e. The summed E-state index contributed by atoms with van der Waals surface area (Å²) >= 11 is 12.5. The van der Waals surface area contributed by atoms with Crippen molar-refractivity contribution in [3.63, 3.8) is 0 Å². The number of nitrogens with zero attached hydrogens (tertiary/aromatic N) is 5. The molecule has 0 unspecified atom stereocenters. The van der Waals surface area contributed by atoms with Crippen LogP contribution in [-0.2, 0) is 0 Å². The molecule has 2 heterocycles. The molecule has 1 saturated heterocycles. The third-order valence-electron chi connectivity index (χ3n) is 5.01. The molecule has 1 aliphatic heterocycles. The normalized spacial score (nSPS) is 15.3. The monoisotopic (exact) mass is 487 g/mol. The molecule has 4 rings (SSSR count). The Morgan fingerprint density at radius 2 is 1.85 bits per heavy atom. The molecular weight excluding hydrogens is 472 g/mol. The fraction of sp³-hybridized carbons (Fsp3) is 0.190. The number of nitrogens with two attached hydrogens (primary N) is 1. The molecule has 0 saturated carbocycles. The van der Waals surface area contributed by atoms with E-state index in [1.807, 2.05) is 6.07 Å². The first-order valence-corrected chi connectivity index (χ1v) is 10.5. The van der Waals surface area contributed by atoms with Crippen LogP contribution in [0.2, 0.25) is 10.0 Å². The SMILES string of the molecule is N#Cc1cc(Cl)c(-n2nc(Nc3ccc(C(=O)N4CC[C@H](F)C4)cc3)c(C(N)=O)n2)c(Cl)c1. The molecule has 0 radical (unpaired) electrons. The number of alkyl halides is 1. The van der Waals surface area contributed by atoms with E-state index in [1.165, 1.54) is 17.0 Å². The number of amides is 2. The number of halogens is 3. The number of benzene rings is 2. The number of carbonyl (C=O) groups excluding carboxylic acids is 2. The predicted molar refractivity (Wildman–Crippen MR) is 120 cm³/mol. The van der Waals surface area contributed by atoms with Crippen LogP contribution in [0.15, 0.2) is 36.4 Å². The lowest BCUT2D eigenvalue weighted by molar-refractivity contribution is 0.0782. The standard InChI is InChI=1S/C21H16Cl2FN7O2/c22-15-7-11(9-25)8-16(23)18(15)31-28-17(19(26)32)20(29-31)27-14-3-1-12(2-4-14)21(33)30-6-5-13(24)10-30/h1-4,7-8,13H,5-6,10H2,(H2,26,32)(H,27,29)/t13-/m0/s1. The zero-order chi connectivity index (χ0) is 23.7. The summed E-state index contributed by atoms with van der Waals surface area (Å²) in [4.78, 5) is 26.9. The van der Waals surface area contributed by atoms with Crippen LogP contribution in [0.1, 0.15) is 32.8 Å². The van der Waals surface area contributed by atoms with E-state index in [2.05, 4.69) is 15.5 Å². The number of aromatic nitrogens is 3. The molecule has 12 heteroatoms. The first kappa shape index (κ1) is 22.5. The molecule has 168 valence electrons. The number of likely N-dealkylation sites (tertiary alicyclic amines) is 1. The predicted octanol–water partition coefficient (Wildman–Crippen LogP) is 3.47. The Labute approximate surface area is 197 Å². The highest BCUT2D eigenvalue weighted by molar-refractivity contribution is 6.37. The third kappa shape index (κ3) is 4.60.